The molecule has 0 N–H and O–H groups in total. The number of nitrogens with zero attached hydrogens (tertiary/aromatic N) is 2. The van der Waals surface area contributed by atoms with E-state index in [1.165, 1.54) is 4.68 Å². The number of hydrogen-bond donors (Lipinski definition) is 0. The fraction of sp³-hybridized carbons (Fsp3) is 0.500. The number of hydrogen-bond acceptors (Lipinski definition) is 4. The van der Waals surface area contributed by atoms with Crippen molar-refractivity contribution < 1.29 is 14.3 Å². The molecule has 0 bridgehead atoms. The molecule has 1 rings (SSSR count). The highest BCUT2D eigenvalue weighted by Gasteiger charge is 2.12. The molecule has 1 heterocycles. The number of Topliss-reactive ketones (excluding diaryl/α,β-unsaturated/α-hetero) is 1. The Morgan fingerprint density at radius 1 is 1.56 bits per heavy atom. The molecule has 16 heavy (non-hydrogen) atoms. The zero-order valence-electron chi connectivity index (χ0n) is 9.20. The van der Waals surface area contributed by atoms with Gasteiger partial charge in [-0.2, -0.15) is 5.10 Å². The highest BCUT2D eigenvalue weighted by molar-refractivity contribution is 6.31. The highest BCUT2D eigenvalue weighted by Crippen LogP contribution is 2.11. The van der Waals surface area contributed by atoms with Crippen LogP contribution in [-0.2, 0) is 20.9 Å². The van der Waals surface area contributed by atoms with Crippen molar-refractivity contribution in [1.29, 1.82) is 0 Å². The van der Waals surface area contributed by atoms with Gasteiger partial charge in [0, 0.05) is 6.20 Å². The van der Waals surface area contributed by atoms with Crippen molar-refractivity contribution in [3.05, 3.63) is 16.9 Å². The van der Waals surface area contributed by atoms with Crippen LogP contribution in [-0.4, -0.2) is 28.1 Å². The SMILES string of the molecule is CCOC(=O)CC(=O)Cn1cc(Cl)c(C)n1. The molecule has 0 spiro atoms. The van der Waals surface area contributed by atoms with Gasteiger partial charge in [-0.15, -0.1) is 0 Å². The molecule has 1 aromatic rings. The first kappa shape index (κ1) is 12.7. The second-order valence-electron chi connectivity index (χ2n) is 3.28. The van der Waals surface area contributed by atoms with E-state index < -0.39 is 5.97 Å². The molecule has 6 heteroatoms. The number of aryl methyl sites for hydroxylation is 1. The maximum atomic E-state index is 11.4. The van der Waals surface area contributed by atoms with Crippen LogP contribution in [0.4, 0.5) is 0 Å². The van der Waals surface area contributed by atoms with E-state index in [0.29, 0.717) is 10.7 Å². The lowest BCUT2D eigenvalue weighted by Crippen LogP contribution is -2.16. The van der Waals surface area contributed by atoms with Gasteiger partial charge in [0.15, 0.2) is 5.78 Å². The summed E-state index contributed by atoms with van der Waals surface area (Å²) < 4.78 is 6.08. The first-order chi connectivity index (χ1) is 7.52. The van der Waals surface area contributed by atoms with Crippen LogP contribution in [0.15, 0.2) is 6.20 Å². The lowest BCUT2D eigenvalue weighted by Gasteiger charge is -2.01. The van der Waals surface area contributed by atoms with E-state index in [0.717, 1.165) is 0 Å². The second kappa shape index (κ2) is 5.65. The minimum atomic E-state index is -0.512. The average molecular weight is 245 g/mol. The molecule has 0 aliphatic heterocycles. The van der Waals surface area contributed by atoms with Crippen LogP contribution in [0, 0.1) is 6.92 Å². The predicted molar refractivity (Wildman–Crippen MR) is 58.2 cm³/mol. The summed E-state index contributed by atoms with van der Waals surface area (Å²) in [6.07, 6.45) is 1.32. The highest BCUT2D eigenvalue weighted by atomic mass is 35.5. The average Bonchev–Trinajstić information content (AvgIpc) is 2.45. The van der Waals surface area contributed by atoms with Gasteiger partial charge in [-0.3, -0.25) is 14.3 Å². The van der Waals surface area contributed by atoms with Crippen LogP contribution in [0.25, 0.3) is 0 Å². The summed E-state index contributed by atoms with van der Waals surface area (Å²) in [6.45, 7) is 3.75. The number of halogens is 1. The van der Waals surface area contributed by atoms with E-state index in [1.807, 2.05) is 0 Å². The molecule has 0 atom stereocenters. The Kier molecular flexibility index (Phi) is 4.49. The Labute approximate surface area is 98.3 Å². The van der Waals surface area contributed by atoms with Gasteiger partial charge in [-0.25, -0.2) is 0 Å². The fourth-order valence-electron chi connectivity index (χ4n) is 1.18. The summed E-state index contributed by atoms with van der Waals surface area (Å²) in [5, 5.41) is 4.52. The molecule has 0 aliphatic rings. The number of ketones is 1. The van der Waals surface area contributed by atoms with Gasteiger partial charge >= 0.3 is 5.97 Å². The second-order valence-corrected chi connectivity index (χ2v) is 3.69. The van der Waals surface area contributed by atoms with Crippen molar-refractivity contribution in [3.63, 3.8) is 0 Å². The van der Waals surface area contributed by atoms with Crippen molar-refractivity contribution in [2.45, 2.75) is 26.8 Å². The third-order valence-corrected chi connectivity index (χ3v) is 2.24. The van der Waals surface area contributed by atoms with Gasteiger partial charge in [0.05, 0.1) is 17.3 Å². The van der Waals surface area contributed by atoms with Crippen LogP contribution in [0.5, 0.6) is 0 Å². The Morgan fingerprint density at radius 2 is 2.25 bits per heavy atom. The minimum Gasteiger partial charge on any atom is -0.466 e. The molecule has 1 aromatic heterocycles. The van der Waals surface area contributed by atoms with Gasteiger partial charge in [-0.05, 0) is 13.8 Å². The number of ether oxygens (including phenoxy) is 1. The molecular weight excluding hydrogens is 232 g/mol. The van der Waals surface area contributed by atoms with Gasteiger partial charge in [0.2, 0.25) is 0 Å². The van der Waals surface area contributed by atoms with Crippen LogP contribution in [0.2, 0.25) is 5.02 Å². The van der Waals surface area contributed by atoms with Gasteiger partial charge in [0.1, 0.15) is 13.0 Å². The molecule has 0 aliphatic carbocycles. The van der Waals surface area contributed by atoms with Crippen molar-refractivity contribution in [1.82, 2.24) is 9.78 Å². The van der Waals surface area contributed by atoms with Gasteiger partial charge < -0.3 is 4.74 Å². The topological polar surface area (TPSA) is 61.2 Å². The third-order valence-electron chi connectivity index (χ3n) is 1.87. The zero-order chi connectivity index (χ0) is 12.1. The van der Waals surface area contributed by atoms with Crippen LogP contribution >= 0.6 is 11.6 Å². The van der Waals surface area contributed by atoms with E-state index in [4.69, 9.17) is 11.6 Å². The lowest BCUT2D eigenvalue weighted by atomic mass is 10.3. The number of carbonyl (C=O) groups excluding carboxylic acids is 2. The Hall–Kier alpha value is -1.36. The van der Waals surface area contributed by atoms with Crippen molar-refractivity contribution >= 4 is 23.4 Å². The quantitative estimate of drug-likeness (QED) is 0.580. The van der Waals surface area contributed by atoms with E-state index >= 15 is 0 Å². The Bertz CT molecular complexity index is 381. The maximum Gasteiger partial charge on any atom is 0.313 e. The van der Waals surface area contributed by atoms with Crippen molar-refractivity contribution in [2.24, 2.45) is 0 Å². The van der Waals surface area contributed by atoms with Crippen LogP contribution in [0.3, 0.4) is 0 Å². The van der Waals surface area contributed by atoms with Gasteiger partial charge in [0.25, 0.3) is 0 Å². The van der Waals surface area contributed by atoms with Crippen molar-refractivity contribution in [3.8, 4) is 0 Å². The molecule has 0 unspecified atom stereocenters. The van der Waals surface area contributed by atoms with E-state index in [1.54, 1.807) is 20.0 Å². The summed E-state index contributed by atoms with van der Waals surface area (Å²) in [7, 11) is 0. The summed E-state index contributed by atoms with van der Waals surface area (Å²) in [5.74, 6) is -0.764. The lowest BCUT2D eigenvalue weighted by molar-refractivity contribution is -0.145. The summed E-state index contributed by atoms with van der Waals surface area (Å²) in [5.41, 5.74) is 0.658. The van der Waals surface area contributed by atoms with Crippen LogP contribution in [0.1, 0.15) is 19.0 Å². The van der Waals surface area contributed by atoms with E-state index in [2.05, 4.69) is 9.84 Å². The number of carbonyl (C=O) groups is 2. The molecule has 0 amide bonds. The molecule has 0 aromatic carbocycles. The predicted octanol–water partition coefficient (Wildman–Crippen LogP) is 1.37. The summed E-state index contributed by atoms with van der Waals surface area (Å²) >= 11 is 5.78. The molecule has 0 saturated heterocycles. The number of rotatable bonds is 5. The molecule has 5 nitrogen and oxygen atoms in total. The molecule has 0 saturated carbocycles. The third kappa shape index (κ3) is 3.66. The summed E-state index contributed by atoms with van der Waals surface area (Å²) in [4.78, 5) is 22.4. The first-order valence-electron chi connectivity index (χ1n) is 4.89. The van der Waals surface area contributed by atoms with Crippen LogP contribution < -0.4 is 0 Å². The van der Waals surface area contributed by atoms with E-state index in [9.17, 15) is 9.59 Å². The standard InChI is InChI=1S/C10H13ClN2O3/c1-3-16-10(15)4-8(14)5-13-6-9(11)7(2)12-13/h6H,3-5H2,1-2H3. The smallest absolute Gasteiger partial charge is 0.313 e. The normalized spacial score (nSPS) is 10.2. The zero-order valence-corrected chi connectivity index (χ0v) is 9.95. The summed E-state index contributed by atoms with van der Waals surface area (Å²) in [6, 6.07) is 0. The molecule has 0 radical (unpaired) electrons. The number of esters is 1. The monoisotopic (exact) mass is 244 g/mol. The Morgan fingerprint density at radius 3 is 2.75 bits per heavy atom. The first-order valence-corrected chi connectivity index (χ1v) is 5.27. The van der Waals surface area contributed by atoms with E-state index in [-0.39, 0.29) is 25.4 Å². The Balaban J connectivity index is 2.48. The number of aromatic nitrogens is 2. The molecule has 88 valence electrons. The maximum absolute atomic E-state index is 11.4. The van der Waals surface area contributed by atoms with Gasteiger partial charge in [-0.1, -0.05) is 11.6 Å². The molecular formula is C10H13ClN2O3. The van der Waals surface area contributed by atoms with Crippen molar-refractivity contribution in [2.75, 3.05) is 6.61 Å². The molecule has 0 fully saturated rings. The minimum absolute atomic E-state index is 0.0341. The fourth-order valence-corrected chi connectivity index (χ4v) is 1.33. The largest absolute Gasteiger partial charge is 0.466 e.